The van der Waals surface area contributed by atoms with Crippen molar-refractivity contribution in [3.8, 4) is 0 Å². The zero-order valence-electron chi connectivity index (χ0n) is 11.4. The van der Waals surface area contributed by atoms with Crippen LogP contribution >= 0.6 is 22.9 Å². The zero-order valence-corrected chi connectivity index (χ0v) is 13.8. The number of halogens is 2. The fourth-order valence-corrected chi connectivity index (χ4v) is 4.95. The lowest BCUT2D eigenvalue weighted by Gasteiger charge is -2.10. The maximum absolute atomic E-state index is 13.1. The van der Waals surface area contributed by atoms with Crippen LogP contribution in [0.4, 0.5) is 10.1 Å². The molecule has 114 valence electrons. The van der Waals surface area contributed by atoms with Crippen LogP contribution < -0.4 is 10.0 Å². The third kappa shape index (κ3) is 3.55. The molecule has 0 amide bonds. The van der Waals surface area contributed by atoms with E-state index in [9.17, 15) is 12.8 Å². The van der Waals surface area contributed by atoms with E-state index >= 15 is 0 Å². The molecule has 2 N–H and O–H groups in total. The summed E-state index contributed by atoms with van der Waals surface area (Å²) in [6.07, 6.45) is 0. The highest BCUT2D eigenvalue weighted by Crippen LogP contribution is 2.29. The van der Waals surface area contributed by atoms with Crippen molar-refractivity contribution in [1.82, 2.24) is 5.32 Å². The molecule has 2 aromatic rings. The molecular weight excluding hydrogens is 335 g/mol. The first-order valence-corrected chi connectivity index (χ1v) is 8.78. The van der Waals surface area contributed by atoms with E-state index in [1.807, 2.05) is 0 Å². The molecule has 0 atom stereocenters. The van der Waals surface area contributed by atoms with Crippen LogP contribution in [0.3, 0.4) is 0 Å². The minimum Gasteiger partial charge on any atom is -0.315 e. The average molecular weight is 349 g/mol. The molecule has 0 aliphatic rings. The van der Waals surface area contributed by atoms with Gasteiger partial charge in [0.2, 0.25) is 0 Å². The molecule has 0 saturated carbocycles. The maximum atomic E-state index is 13.1. The molecule has 0 spiro atoms. The molecule has 2 rings (SSSR count). The second-order valence-corrected chi connectivity index (χ2v) is 7.43. The smallest absolute Gasteiger partial charge is 0.263 e. The Balaban J connectivity index is 2.38. The predicted molar refractivity (Wildman–Crippen MR) is 84.0 cm³/mol. The highest BCUT2D eigenvalue weighted by Gasteiger charge is 2.23. The van der Waals surface area contributed by atoms with E-state index in [0.29, 0.717) is 12.1 Å². The Bertz CT molecular complexity index is 760. The highest BCUT2D eigenvalue weighted by atomic mass is 35.5. The van der Waals surface area contributed by atoms with Crippen molar-refractivity contribution in [2.75, 3.05) is 11.8 Å². The van der Waals surface area contributed by atoms with Crippen molar-refractivity contribution in [3.63, 3.8) is 0 Å². The van der Waals surface area contributed by atoms with Crippen molar-refractivity contribution >= 4 is 38.6 Å². The van der Waals surface area contributed by atoms with Gasteiger partial charge in [0, 0.05) is 11.4 Å². The van der Waals surface area contributed by atoms with Crippen molar-refractivity contribution in [1.29, 1.82) is 0 Å². The molecule has 1 aromatic heterocycles. The summed E-state index contributed by atoms with van der Waals surface area (Å²) in [7, 11) is -2.00. The highest BCUT2D eigenvalue weighted by molar-refractivity contribution is 7.93. The molecule has 21 heavy (non-hydrogen) atoms. The second-order valence-electron chi connectivity index (χ2n) is 4.44. The maximum Gasteiger partial charge on any atom is 0.263 e. The lowest BCUT2D eigenvalue weighted by atomic mass is 10.3. The molecule has 0 aliphatic carbocycles. The quantitative estimate of drug-likeness (QED) is 0.871. The van der Waals surface area contributed by atoms with Crippen molar-refractivity contribution < 1.29 is 12.8 Å². The molecule has 1 heterocycles. The van der Waals surface area contributed by atoms with E-state index in [4.69, 9.17) is 11.6 Å². The molecule has 0 bridgehead atoms. The minimum absolute atomic E-state index is 0.132. The first kappa shape index (κ1) is 16.2. The van der Waals surface area contributed by atoms with E-state index in [1.54, 1.807) is 19.4 Å². The topological polar surface area (TPSA) is 58.2 Å². The summed E-state index contributed by atoms with van der Waals surface area (Å²) in [5.41, 5.74) is 0.897. The average Bonchev–Trinajstić information content (AvgIpc) is 2.76. The van der Waals surface area contributed by atoms with Crippen LogP contribution in [-0.4, -0.2) is 15.5 Å². The Morgan fingerprint density at radius 2 is 2.10 bits per heavy atom. The van der Waals surface area contributed by atoms with Crippen molar-refractivity contribution in [2.24, 2.45) is 0 Å². The number of nitrogens with one attached hydrogen (secondary N) is 2. The summed E-state index contributed by atoms with van der Waals surface area (Å²) < 4.78 is 40.6. The molecular formula is C13H14ClFN2O2S2. The Labute approximate surface area is 132 Å². The van der Waals surface area contributed by atoms with Gasteiger partial charge in [0.05, 0.1) is 10.7 Å². The molecule has 0 aliphatic heterocycles. The van der Waals surface area contributed by atoms with Crippen LogP contribution in [0.1, 0.15) is 10.4 Å². The van der Waals surface area contributed by atoms with Gasteiger partial charge >= 0.3 is 0 Å². The summed E-state index contributed by atoms with van der Waals surface area (Å²) in [6.45, 7) is 2.20. The number of hydrogen-bond donors (Lipinski definition) is 2. The van der Waals surface area contributed by atoms with Crippen LogP contribution in [0.2, 0.25) is 5.02 Å². The van der Waals surface area contributed by atoms with Gasteiger partial charge in [0.15, 0.2) is 0 Å². The Morgan fingerprint density at radius 1 is 1.38 bits per heavy atom. The molecule has 0 saturated heterocycles. The van der Waals surface area contributed by atoms with Gasteiger partial charge in [-0.3, -0.25) is 4.72 Å². The van der Waals surface area contributed by atoms with E-state index in [-0.39, 0.29) is 15.6 Å². The van der Waals surface area contributed by atoms with Crippen LogP contribution in [0.25, 0.3) is 0 Å². The van der Waals surface area contributed by atoms with Gasteiger partial charge < -0.3 is 5.32 Å². The van der Waals surface area contributed by atoms with E-state index < -0.39 is 15.8 Å². The molecule has 0 unspecified atom stereocenters. The Hall–Kier alpha value is -1.15. The van der Waals surface area contributed by atoms with Gasteiger partial charge in [-0.25, -0.2) is 12.8 Å². The number of hydrogen-bond acceptors (Lipinski definition) is 4. The summed E-state index contributed by atoms with van der Waals surface area (Å²) in [6, 6.07) is 3.70. The number of benzene rings is 1. The van der Waals surface area contributed by atoms with Crippen LogP contribution in [0.15, 0.2) is 28.5 Å². The second kappa shape index (κ2) is 6.31. The SMILES string of the molecule is CNCc1scc(C)c1S(=O)(=O)Nc1ccc(F)c(Cl)c1. The van der Waals surface area contributed by atoms with E-state index in [1.165, 1.54) is 23.5 Å². The van der Waals surface area contributed by atoms with Gasteiger partial charge in [0.1, 0.15) is 10.7 Å². The van der Waals surface area contributed by atoms with Crippen molar-refractivity contribution in [3.05, 3.63) is 44.9 Å². The van der Waals surface area contributed by atoms with Gasteiger partial charge in [-0.2, -0.15) is 0 Å². The number of anilines is 1. The minimum atomic E-state index is -3.74. The third-order valence-electron chi connectivity index (χ3n) is 2.77. The summed E-state index contributed by atoms with van der Waals surface area (Å²) in [5.74, 6) is -0.595. The summed E-state index contributed by atoms with van der Waals surface area (Å²) in [4.78, 5) is 0.970. The standard InChI is InChI=1S/C13H14ClFN2O2S2/c1-8-7-20-12(6-16-2)13(8)21(18,19)17-9-3-4-11(15)10(14)5-9/h3-5,7,16-17H,6H2,1-2H3. The zero-order chi connectivity index (χ0) is 15.6. The van der Waals surface area contributed by atoms with Crippen LogP contribution in [0.5, 0.6) is 0 Å². The predicted octanol–water partition coefficient (Wildman–Crippen LogP) is 3.37. The van der Waals surface area contributed by atoms with Crippen molar-refractivity contribution in [2.45, 2.75) is 18.4 Å². The van der Waals surface area contributed by atoms with Gasteiger partial charge in [-0.05, 0) is 43.1 Å². The lowest BCUT2D eigenvalue weighted by Crippen LogP contribution is -2.16. The first-order chi connectivity index (χ1) is 9.85. The van der Waals surface area contributed by atoms with E-state index in [2.05, 4.69) is 10.0 Å². The number of sulfonamides is 1. The van der Waals surface area contributed by atoms with Gasteiger partial charge in [-0.15, -0.1) is 11.3 Å². The normalized spacial score (nSPS) is 11.6. The number of aryl methyl sites for hydroxylation is 1. The number of thiophene rings is 1. The lowest BCUT2D eigenvalue weighted by molar-refractivity contribution is 0.599. The molecule has 8 heteroatoms. The molecule has 0 radical (unpaired) electrons. The monoisotopic (exact) mass is 348 g/mol. The summed E-state index contributed by atoms with van der Waals surface area (Å²) in [5, 5.41) is 4.60. The first-order valence-electron chi connectivity index (χ1n) is 6.04. The third-order valence-corrected chi connectivity index (χ3v) is 5.90. The Kier molecular flexibility index (Phi) is 4.88. The van der Waals surface area contributed by atoms with Crippen LogP contribution in [0, 0.1) is 12.7 Å². The molecule has 4 nitrogen and oxygen atoms in total. The fourth-order valence-electron chi connectivity index (χ4n) is 1.90. The number of rotatable bonds is 5. The Morgan fingerprint density at radius 3 is 2.71 bits per heavy atom. The largest absolute Gasteiger partial charge is 0.315 e. The molecule has 1 aromatic carbocycles. The fraction of sp³-hybridized carbons (Fsp3) is 0.231. The van der Waals surface area contributed by atoms with Crippen LogP contribution in [-0.2, 0) is 16.6 Å². The van der Waals surface area contributed by atoms with E-state index in [0.717, 1.165) is 10.9 Å². The van der Waals surface area contributed by atoms with Gasteiger partial charge in [0.25, 0.3) is 10.0 Å². The van der Waals surface area contributed by atoms with Gasteiger partial charge in [-0.1, -0.05) is 11.6 Å². The summed E-state index contributed by atoms with van der Waals surface area (Å²) >= 11 is 7.04. The molecule has 0 fully saturated rings.